The maximum atomic E-state index is 11.6. The Hall–Kier alpha value is -1.11. The highest BCUT2D eigenvalue weighted by Gasteiger charge is 2.36. The molecule has 1 aliphatic carbocycles. The first-order chi connectivity index (χ1) is 7.11. The summed E-state index contributed by atoms with van der Waals surface area (Å²) < 4.78 is 0. The molecule has 0 heterocycles. The van der Waals surface area contributed by atoms with Gasteiger partial charge in [0.1, 0.15) is 5.78 Å². The molecule has 0 N–H and O–H groups in total. The molecule has 0 radical (unpaired) electrons. The van der Waals surface area contributed by atoms with E-state index in [1.54, 1.807) is 6.92 Å². The number of carbonyl (C=O) groups is 1. The fraction of sp³-hybridized carbons (Fsp3) is 0.500. The average molecular weight is 202 g/mol. The van der Waals surface area contributed by atoms with Gasteiger partial charge in [0.05, 0.1) is 0 Å². The van der Waals surface area contributed by atoms with Crippen molar-refractivity contribution in [1.82, 2.24) is 0 Å². The van der Waals surface area contributed by atoms with Crippen molar-refractivity contribution in [2.45, 2.75) is 33.1 Å². The van der Waals surface area contributed by atoms with Gasteiger partial charge in [-0.2, -0.15) is 0 Å². The summed E-state index contributed by atoms with van der Waals surface area (Å²) in [5.41, 5.74) is 2.82. The standard InChI is InChI=1S/C14H18O/c1-9(2)14(10(3)15)13-8-11-6-4-5-7-12(11)13/h4-7,9,13-14H,8H2,1-3H3. The molecule has 0 amide bonds. The molecule has 2 rings (SSSR count). The average Bonchev–Trinajstić information content (AvgIpc) is 2.12. The van der Waals surface area contributed by atoms with E-state index in [1.165, 1.54) is 11.1 Å². The third-order valence-electron chi connectivity index (χ3n) is 3.52. The van der Waals surface area contributed by atoms with Crippen molar-refractivity contribution in [3.05, 3.63) is 35.4 Å². The number of ketones is 1. The molecule has 0 fully saturated rings. The van der Waals surface area contributed by atoms with Crippen LogP contribution in [0.15, 0.2) is 24.3 Å². The Morgan fingerprint density at radius 3 is 2.53 bits per heavy atom. The van der Waals surface area contributed by atoms with E-state index < -0.39 is 0 Å². The van der Waals surface area contributed by atoms with Crippen LogP contribution in [0.3, 0.4) is 0 Å². The monoisotopic (exact) mass is 202 g/mol. The second kappa shape index (κ2) is 3.80. The maximum absolute atomic E-state index is 11.6. The van der Waals surface area contributed by atoms with Crippen LogP contribution in [-0.2, 0) is 11.2 Å². The third kappa shape index (κ3) is 1.71. The summed E-state index contributed by atoms with van der Waals surface area (Å²) in [6.45, 7) is 6.02. The minimum atomic E-state index is 0.208. The van der Waals surface area contributed by atoms with Crippen LogP contribution in [0.2, 0.25) is 0 Å². The van der Waals surface area contributed by atoms with Gasteiger partial charge in [0.2, 0.25) is 0 Å². The highest BCUT2D eigenvalue weighted by Crippen LogP contribution is 2.43. The van der Waals surface area contributed by atoms with Crippen LogP contribution < -0.4 is 0 Å². The zero-order valence-corrected chi connectivity index (χ0v) is 9.66. The summed E-state index contributed by atoms with van der Waals surface area (Å²) >= 11 is 0. The van der Waals surface area contributed by atoms with Gasteiger partial charge in [-0.15, -0.1) is 0 Å². The fourth-order valence-corrected chi connectivity index (χ4v) is 2.84. The van der Waals surface area contributed by atoms with Gasteiger partial charge in [0.15, 0.2) is 0 Å². The van der Waals surface area contributed by atoms with Gasteiger partial charge in [-0.05, 0) is 36.3 Å². The van der Waals surface area contributed by atoms with Gasteiger partial charge in [-0.1, -0.05) is 38.1 Å². The fourth-order valence-electron chi connectivity index (χ4n) is 2.84. The summed E-state index contributed by atoms with van der Waals surface area (Å²) in [6.07, 6.45) is 1.08. The van der Waals surface area contributed by atoms with E-state index in [0.717, 1.165) is 6.42 Å². The summed E-state index contributed by atoms with van der Waals surface area (Å²) in [5, 5.41) is 0. The Balaban J connectivity index is 2.25. The molecule has 1 heteroatoms. The van der Waals surface area contributed by atoms with Crippen LogP contribution in [0.1, 0.15) is 37.8 Å². The van der Waals surface area contributed by atoms with Gasteiger partial charge in [0.25, 0.3) is 0 Å². The van der Waals surface area contributed by atoms with Crippen LogP contribution in [-0.4, -0.2) is 5.78 Å². The minimum absolute atomic E-state index is 0.208. The van der Waals surface area contributed by atoms with Crippen LogP contribution in [0, 0.1) is 11.8 Å². The van der Waals surface area contributed by atoms with Crippen molar-refractivity contribution >= 4 is 5.78 Å². The minimum Gasteiger partial charge on any atom is -0.300 e. The SMILES string of the molecule is CC(=O)C(C(C)C)C1Cc2ccccc21. The molecule has 1 aromatic carbocycles. The predicted octanol–water partition coefficient (Wildman–Crippen LogP) is 3.19. The highest BCUT2D eigenvalue weighted by molar-refractivity contribution is 5.80. The maximum Gasteiger partial charge on any atom is 0.133 e. The Morgan fingerprint density at radius 1 is 1.33 bits per heavy atom. The number of Topliss-reactive ketones (excluding diaryl/α,β-unsaturated/α-hetero) is 1. The molecule has 80 valence electrons. The number of benzene rings is 1. The van der Waals surface area contributed by atoms with Crippen LogP contribution in [0.25, 0.3) is 0 Å². The molecule has 1 aliphatic rings. The van der Waals surface area contributed by atoms with Crippen molar-refractivity contribution in [1.29, 1.82) is 0 Å². The normalized spacial score (nSPS) is 20.7. The summed E-state index contributed by atoms with van der Waals surface area (Å²) in [4.78, 5) is 11.6. The third-order valence-corrected chi connectivity index (χ3v) is 3.52. The lowest BCUT2D eigenvalue weighted by Gasteiger charge is -2.37. The van der Waals surface area contributed by atoms with Crippen molar-refractivity contribution in [2.75, 3.05) is 0 Å². The van der Waals surface area contributed by atoms with Crippen LogP contribution >= 0.6 is 0 Å². The smallest absolute Gasteiger partial charge is 0.133 e. The molecule has 0 aromatic heterocycles. The molecule has 0 saturated heterocycles. The molecule has 15 heavy (non-hydrogen) atoms. The summed E-state index contributed by atoms with van der Waals surface area (Å²) in [6, 6.07) is 8.49. The lowest BCUT2D eigenvalue weighted by atomic mass is 9.66. The summed E-state index contributed by atoms with van der Waals surface area (Å²) in [5.74, 6) is 1.46. The number of fused-ring (bicyclic) bond motifs is 1. The first-order valence-corrected chi connectivity index (χ1v) is 5.69. The van der Waals surface area contributed by atoms with E-state index in [4.69, 9.17) is 0 Å². The molecule has 1 aromatic rings. The molecule has 0 spiro atoms. The second-order valence-electron chi connectivity index (χ2n) is 4.89. The lowest BCUT2D eigenvalue weighted by Crippen LogP contribution is -2.32. The number of carbonyl (C=O) groups excluding carboxylic acids is 1. The Labute approximate surface area is 91.5 Å². The molecule has 0 aliphatic heterocycles. The van der Waals surface area contributed by atoms with Crippen molar-refractivity contribution < 1.29 is 4.79 Å². The zero-order valence-electron chi connectivity index (χ0n) is 9.66. The zero-order chi connectivity index (χ0) is 11.0. The first kappa shape index (κ1) is 10.4. The van der Waals surface area contributed by atoms with Gasteiger partial charge >= 0.3 is 0 Å². The number of rotatable bonds is 3. The Kier molecular flexibility index (Phi) is 2.64. The molecule has 1 nitrogen and oxygen atoms in total. The van der Waals surface area contributed by atoms with Crippen molar-refractivity contribution in [3.8, 4) is 0 Å². The molecule has 2 atom stereocenters. The molecular weight excluding hydrogens is 184 g/mol. The van der Waals surface area contributed by atoms with E-state index in [-0.39, 0.29) is 5.92 Å². The van der Waals surface area contributed by atoms with Crippen LogP contribution in [0.5, 0.6) is 0 Å². The van der Waals surface area contributed by atoms with Gasteiger partial charge in [0, 0.05) is 5.92 Å². The molecule has 0 bridgehead atoms. The molecule has 0 saturated carbocycles. The van der Waals surface area contributed by atoms with E-state index >= 15 is 0 Å². The van der Waals surface area contributed by atoms with Crippen molar-refractivity contribution in [3.63, 3.8) is 0 Å². The van der Waals surface area contributed by atoms with E-state index in [2.05, 4.69) is 38.1 Å². The van der Waals surface area contributed by atoms with E-state index in [9.17, 15) is 4.79 Å². The van der Waals surface area contributed by atoms with E-state index in [0.29, 0.717) is 17.6 Å². The van der Waals surface area contributed by atoms with Crippen molar-refractivity contribution in [2.24, 2.45) is 11.8 Å². The molecule has 2 unspecified atom stereocenters. The van der Waals surface area contributed by atoms with Gasteiger partial charge in [-0.3, -0.25) is 4.79 Å². The number of hydrogen-bond donors (Lipinski definition) is 0. The largest absolute Gasteiger partial charge is 0.300 e. The Morgan fingerprint density at radius 2 is 2.00 bits per heavy atom. The quantitative estimate of drug-likeness (QED) is 0.735. The second-order valence-corrected chi connectivity index (χ2v) is 4.89. The van der Waals surface area contributed by atoms with Crippen LogP contribution in [0.4, 0.5) is 0 Å². The van der Waals surface area contributed by atoms with E-state index in [1.807, 2.05) is 0 Å². The summed E-state index contributed by atoms with van der Waals surface area (Å²) in [7, 11) is 0. The van der Waals surface area contributed by atoms with Gasteiger partial charge in [-0.25, -0.2) is 0 Å². The molecular formula is C14H18O. The predicted molar refractivity (Wildman–Crippen MR) is 61.9 cm³/mol. The lowest BCUT2D eigenvalue weighted by molar-refractivity contribution is -0.123. The Bertz CT molecular complexity index is 379. The number of hydrogen-bond acceptors (Lipinski definition) is 1. The topological polar surface area (TPSA) is 17.1 Å². The first-order valence-electron chi connectivity index (χ1n) is 5.69. The highest BCUT2D eigenvalue weighted by atomic mass is 16.1. The van der Waals surface area contributed by atoms with Gasteiger partial charge < -0.3 is 0 Å².